The van der Waals surface area contributed by atoms with Gasteiger partial charge in [-0.05, 0) is 46.3 Å². The average molecular weight is 341 g/mol. The molecule has 1 aromatic heterocycles. The van der Waals surface area contributed by atoms with E-state index in [1.54, 1.807) is 43.6 Å². The highest BCUT2D eigenvalue weighted by Crippen LogP contribution is 2.23. The Labute approximate surface area is 124 Å². The van der Waals surface area contributed by atoms with Crippen LogP contribution in [0.4, 0.5) is 11.5 Å². The SMILES string of the molecule is CNc1ccc(Cl)cc1C(=O)Nc1ncccc1Br. The Bertz CT molecular complexity index is 619. The standard InChI is InChI=1S/C13H11BrClN3O/c1-16-11-5-4-8(15)7-9(11)13(19)18-12-10(14)3-2-6-17-12/h2-7,16H,1H3,(H,17,18,19). The molecule has 0 aliphatic heterocycles. The number of carbonyl (C=O) groups excluding carboxylic acids is 1. The molecule has 1 aromatic carbocycles. The summed E-state index contributed by atoms with van der Waals surface area (Å²) in [6, 6.07) is 8.67. The van der Waals surface area contributed by atoms with Gasteiger partial charge in [0.15, 0.2) is 0 Å². The van der Waals surface area contributed by atoms with Crippen LogP contribution in [-0.2, 0) is 0 Å². The third-order valence-corrected chi connectivity index (χ3v) is 3.36. The Kier molecular flexibility index (Phi) is 4.39. The topological polar surface area (TPSA) is 54.0 Å². The summed E-state index contributed by atoms with van der Waals surface area (Å²) in [6.07, 6.45) is 1.61. The van der Waals surface area contributed by atoms with Crippen molar-refractivity contribution in [3.05, 3.63) is 51.6 Å². The van der Waals surface area contributed by atoms with Crippen molar-refractivity contribution >= 4 is 44.9 Å². The van der Waals surface area contributed by atoms with Crippen LogP contribution in [0.25, 0.3) is 0 Å². The van der Waals surface area contributed by atoms with Crippen molar-refractivity contribution in [1.29, 1.82) is 0 Å². The summed E-state index contributed by atoms with van der Waals surface area (Å²) in [5.41, 5.74) is 1.17. The summed E-state index contributed by atoms with van der Waals surface area (Å²) < 4.78 is 0.719. The molecule has 0 aliphatic carbocycles. The number of pyridine rings is 1. The van der Waals surface area contributed by atoms with Gasteiger partial charge in [-0.2, -0.15) is 0 Å². The molecule has 2 rings (SSSR count). The molecule has 19 heavy (non-hydrogen) atoms. The van der Waals surface area contributed by atoms with Gasteiger partial charge in [0.05, 0.1) is 10.0 Å². The van der Waals surface area contributed by atoms with Crippen LogP contribution in [0.5, 0.6) is 0 Å². The van der Waals surface area contributed by atoms with E-state index in [9.17, 15) is 4.79 Å². The largest absolute Gasteiger partial charge is 0.387 e. The number of aromatic nitrogens is 1. The van der Waals surface area contributed by atoms with Crippen molar-refractivity contribution in [3.8, 4) is 0 Å². The normalized spacial score (nSPS) is 10.1. The molecule has 0 fully saturated rings. The first-order valence-electron chi connectivity index (χ1n) is 5.51. The smallest absolute Gasteiger partial charge is 0.258 e. The second-order valence-electron chi connectivity index (χ2n) is 3.73. The van der Waals surface area contributed by atoms with Gasteiger partial charge >= 0.3 is 0 Å². The summed E-state index contributed by atoms with van der Waals surface area (Å²) in [5.74, 6) is 0.195. The summed E-state index contributed by atoms with van der Waals surface area (Å²) >= 11 is 9.25. The average Bonchev–Trinajstić information content (AvgIpc) is 2.41. The summed E-state index contributed by atoms with van der Waals surface area (Å²) in [4.78, 5) is 16.3. The van der Waals surface area contributed by atoms with Gasteiger partial charge in [-0.3, -0.25) is 4.79 Å². The molecule has 0 unspecified atom stereocenters. The third-order valence-electron chi connectivity index (χ3n) is 2.49. The third kappa shape index (κ3) is 3.24. The van der Waals surface area contributed by atoms with E-state index in [0.717, 1.165) is 4.47 Å². The zero-order valence-electron chi connectivity index (χ0n) is 10.1. The van der Waals surface area contributed by atoms with Gasteiger partial charge in [0.1, 0.15) is 5.82 Å². The molecule has 1 heterocycles. The second-order valence-corrected chi connectivity index (χ2v) is 5.02. The molecule has 6 heteroatoms. The van der Waals surface area contributed by atoms with E-state index < -0.39 is 0 Å². The van der Waals surface area contributed by atoms with E-state index in [0.29, 0.717) is 22.1 Å². The number of nitrogens with one attached hydrogen (secondary N) is 2. The molecule has 98 valence electrons. The molecule has 0 saturated carbocycles. The van der Waals surface area contributed by atoms with Crippen molar-refractivity contribution in [3.63, 3.8) is 0 Å². The zero-order valence-corrected chi connectivity index (χ0v) is 12.4. The summed E-state index contributed by atoms with van der Waals surface area (Å²) in [7, 11) is 1.75. The Balaban J connectivity index is 2.30. The first-order valence-corrected chi connectivity index (χ1v) is 6.68. The van der Waals surface area contributed by atoms with Crippen LogP contribution in [-0.4, -0.2) is 17.9 Å². The van der Waals surface area contributed by atoms with Gasteiger partial charge in [-0.15, -0.1) is 0 Å². The Hall–Kier alpha value is -1.59. The Morgan fingerprint density at radius 3 is 2.84 bits per heavy atom. The first kappa shape index (κ1) is 13.8. The lowest BCUT2D eigenvalue weighted by molar-refractivity contribution is 0.102. The number of hydrogen-bond acceptors (Lipinski definition) is 3. The minimum atomic E-state index is -0.272. The number of amides is 1. The highest BCUT2D eigenvalue weighted by molar-refractivity contribution is 9.10. The fourth-order valence-corrected chi connectivity index (χ4v) is 2.10. The van der Waals surface area contributed by atoms with E-state index in [-0.39, 0.29) is 5.91 Å². The minimum Gasteiger partial charge on any atom is -0.387 e. The van der Waals surface area contributed by atoms with Crippen LogP contribution in [0.3, 0.4) is 0 Å². The van der Waals surface area contributed by atoms with Crippen LogP contribution in [0.2, 0.25) is 5.02 Å². The number of rotatable bonds is 3. The second kappa shape index (κ2) is 6.04. The fourth-order valence-electron chi connectivity index (χ4n) is 1.57. The number of carbonyl (C=O) groups is 1. The van der Waals surface area contributed by atoms with E-state index >= 15 is 0 Å². The molecule has 0 radical (unpaired) electrons. The number of halogens is 2. The number of anilines is 2. The van der Waals surface area contributed by atoms with Crippen molar-refractivity contribution in [2.45, 2.75) is 0 Å². The summed E-state index contributed by atoms with van der Waals surface area (Å²) in [5, 5.41) is 6.19. The van der Waals surface area contributed by atoms with Crippen molar-refractivity contribution in [2.75, 3.05) is 17.7 Å². The lowest BCUT2D eigenvalue weighted by Crippen LogP contribution is -2.15. The maximum absolute atomic E-state index is 12.2. The highest BCUT2D eigenvalue weighted by Gasteiger charge is 2.13. The van der Waals surface area contributed by atoms with Gasteiger partial charge in [0.2, 0.25) is 0 Å². The van der Waals surface area contributed by atoms with Crippen molar-refractivity contribution in [2.24, 2.45) is 0 Å². The van der Waals surface area contributed by atoms with Gasteiger partial charge in [0, 0.05) is 24.0 Å². The number of nitrogens with zero attached hydrogens (tertiary/aromatic N) is 1. The Morgan fingerprint density at radius 1 is 1.37 bits per heavy atom. The van der Waals surface area contributed by atoms with E-state index in [1.807, 2.05) is 0 Å². The fraction of sp³-hybridized carbons (Fsp3) is 0.0769. The maximum atomic E-state index is 12.2. The monoisotopic (exact) mass is 339 g/mol. The molecule has 4 nitrogen and oxygen atoms in total. The molecule has 2 N–H and O–H groups in total. The van der Waals surface area contributed by atoms with Crippen molar-refractivity contribution < 1.29 is 4.79 Å². The van der Waals surface area contributed by atoms with Gasteiger partial charge in [-0.1, -0.05) is 11.6 Å². The number of hydrogen-bond donors (Lipinski definition) is 2. The van der Waals surface area contributed by atoms with Crippen LogP contribution in [0, 0.1) is 0 Å². The molecule has 1 amide bonds. The molecule has 0 atom stereocenters. The molecule has 2 aromatic rings. The van der Waals surface area contributed by atoms with Crippen molar-refractivity contribution in [1.82, 2.24) is 4.98 Å². The quantitative estimate of drug-likeness (QED) is 0.894. The molecule has 0 spiro atoms. The molecule has 0 aliphatic rings. The molecule has 0 bridgehead atoms. The van der Waals surface area contributed by atoms with Crippen LogP contribution in [0.15, 0.2) is 41.0 Å². The van der Waals surface area contributed by atoms with Crippen LogP contribution < -0.4 is 10.6 Å². The lowest BCUT2D eigenvalue weighted by Gasteiger charge is -2.10. The van der Waals surface area contributed by atoms with E-state index in [4.69, 9.17) is 11.6 Å². The van der Waals surface area contributed by atoms with Gasteiger partial charge in [0.25, 0.3) is 5.91 Å². The van der Waals surface area contributed by atoms with Gasteiger partial charge < -0.3 is 10.6 Å². The first-order chi connectivity index (χ1) is 9.11. The number of benzene rings is 1. The van der Waals surface area contributed by atoms with Crippen LogP contribution in [0.1, 0.15) is 10.4 Å². The van der Waals surface area contributed by atoms with Crippen LogP contribution >= 0.6 is 27.5 Å². The molecular formula is C13H11BrClN3O. The molecular weight excluding hydrogens is 330 g/mol. The van der Waals surface area contributed by atoms with Gasteiger partial charge in [-0.25, -0.2) is 4.98 Å². The minimum absolute atomic E-state index is 0.272. The lowest BCUT2D eigenvalue weighted by atomic mass is 10.1. The Morgan fingerprint density at radius 2 is 2.16 bits per heavy atom. The molecule has 0 saturated heterocycles. The van der Waals surface area contributed by atoms with E-state index in [2.05, 4.69) is 31.5 Å². The summed E-state index contributed by atoms with van der Waals surface area (Å²) in [6.45, 7) is 0. The zero-order chi connectivity index (χ0) is 13.8. The predicted molar refractivity (Wildman–Crippen MR) is 80.9 cm³/mol. The van der Waals surface area contributed by atoms with E-state index in [1.165, 1.54) is 0 Å². The highest BCUT2D eigenvalue weighted by atomic mass is 79.9. The maximum Gasteiger partial charge on any atom is 0.258 e. The predicted octanol–water partition coefficient (Wildman–Crippen LogP) is 3.79.